The zero-order valence-corrected chi connectivity index (χ0v) is 16.1. The number of aromatic hydroxyl groups is 1. The zero-order valence-electron chi connectivity index (χ0n) is 16.1. The number of phenols is 1. The van der Waals surface area contributed by atoms with Crippen LogP contribution in [0.25, 0.3) is 10.9 Å². The molecule has 1 heterocycles. The van der Waals surface area contributed by atoms with Crippen LogP contribution in [0.4, 0.5) is 0 Å². The van der Waals surface area contributed by atoms with Gasteiger partial charge in [-0.15, -0.1) is 0 Å². The molecular weight excluding hydrogens is 340 g/mol. The molecule has 2 aromatic rings. The van der Waals surface area contributed by atoms with Crippen molar-refractivity contribution in [2.24, 2.45) is 0 Å². The molecule has 0 saturated heterocycles. The summed E-state index contributed by atoms with van der Waals surface area (Å²) in [6, 6.07) is 6.77. The monoisotopic (exact) mass is 372 g/mol. The predicted molar refractivity (Wildman–Crippen MR) is 104 cm³/mol. The Morgan fingerprint density at radius 3 is 2.19 bits per heavy atom. The van der Waals surface area contributed by atoms with Gasteiger partial charge in [-0.3, -0.25) is 0 Å². The third-order valence-corrected chi connectivity index (χ3v) is 5.93. The van der Waals surface area contributed by atoms with Gasteiger partial charge in [-0.2, -0.15) is 0 Å². The van der Waals surface area contributed by atoms with Gasteiger partial charge in [0.15, 0.2) is 0 Å². The molecule has 5 heteroatoms. The van der Waals surface area contributed by atoms with Gasteiger partial charge in [0.05, 0.1) is 12.1 Å². The van der Waals surface area contributed by atoms with E-state index in [9.17, 15) is 15.0 Å². The first-order valence-corrected chi connectivity index (χ1v) is 10.5. The van der Waals surface area contributed by atoms with Crippen LogP contribution in [0.3, 0.4) is 0 Å². The van der Waals surface area contributed by atoms with Crippen LogP contribution in [0, 0.1) is 0 Å². The van der Waals surface area contributed by atoms with Crippen LogP contribution in [0.1, 0.15) is 69.8 Å². The second-order valence-corrected chi connectivity index (χ2v) is 8.08. The number of aliphatic carboxylic acids is 1. The fourth-order valence-corrected chi connectivity index (χ4v) is 4.51. The lowest BCUT2D eigenvalue weighted by atomic mass is 9.91. The average Bonchev–Trinajstić information content (AvgIpc) is 3.05. The molecule has 0 bridgehead atoms. The minimum Gasteiger partial charge on any atom is -0.550 e. The van der Waals surface area contributed by atoms with Crippen molar-refractivity contribution < 1.29 is 20.3 Å². The fraction of sp³-hybridized carbons (Fsp3) is 0.591. The van der Waals surface area contributed by atoms with Crippen LogP contribution in [0.2, 0.25) is 0 Å². The molecule has 2 fully saturated rings. The Morgan fingerprint density at radius 1 is 1.04 bits per heavy atom. The minimum atomic E-state index is -1.13. The van der Waals surface area contributed by atoms with Gasteiger partial charge in [0.1, 0.15) is 5.75 Å². The lowest BCUT2D eigenvalue weighted by molar-refractivity contribution is -0.725. The summed E-state index contributed by atoms with van der Waals surface area (Å²) in [6.45, 7) is 0. The number of carbonyl (C=O) groups excluding carboxylic acids is 1. The summed E-state index contributed by atoms with van der Waals surface area (Å²) >= 11 is 0. The van der Waals surface area contributed by atoms with E-state index in [4.69, 9.17) is 0 Å². The number of carbonyl (C=O) groups is 1. The molecule has 148 valence electrons. The van der Waals surface area contributed by atoms with Gasteiger partial charge in [0, 0.05) is 29.5 Å². The van der Waals surface area contributed by atoms with E-state index in [-0.39, 0.29) is 12.2 Å². The first-order valence-electron chi connectivity index (χ1n) is 10.5. The van der Waals surface area contributed by atoms with Crippen molar-refractivity contribution >= 4 is 16.9 Å². The first-order chi connectivity index (χ1) is 13.1. The number of hydrogen-bond donors (Lipinski definition) is 3. The zero-order chi connectivity index (χ0) is 19.1. The number of carboxylic acid groups (broad SMARTS) is 1. The largest absolute Gasteiger partial charge is 0.550 e. The summed E-state index contributed by atoms with van der Waals surface area (Å²) < 4.78 is 0. The Labute approximate surface area is 161 Å². The summed E-state index contributed by atoms with van der Waals surface area (Å²) in [4.78, 5) is 13.3. The van der Waals surface area contributed by atoms with Gasteiger partial charge in [-0.1, -0.05) is 12.8 Å². The number of aromatic amines is 1. The Hall–Kier alpha value is -2.01. The van der Waals surface area contributed by atoms with Gasteiger partial charge in [0.25, 0.3) is 0 Å². The van der Waals surface area contributed by atoms with Gasteiger partial charge in [-0.05, 0) is 75.1 Å². The van der Waals surface area contributed by atoms with E-state index >= 15 is 0 Å². The molecule has 0 radical (unpaired) electrons. The number of aromatic nitrogens is 1. The SMILES string of the molecule is C1CCC([NH2+]C2CCCCC2)CC1.O=C([O-])Cc1c[nH]c2ccc(O)cc12. The van der Waals surface area contributed by atoms with Crippen molar-refractivity contribution in [2.75, 3.05) is 0 Å². The number of hydrogen-bond acceptors (Lipinski definition) is 3. The predicted octanol–water partition coefficient (Wildman–Crippen LogP) is 2.38. The standard InChI is InChI=1S/C12H23N.C10H9NO3/c1-3-7-11(8-4-1)13-12-9-5-2-6-10-12;12-7-1-2-9-8(4-7)6(5-11-9)3-10(13)14/h11-13H,1-10H2;1-2,4-5,11-12H,3H2,(H,13,14). The lowest BCUT2D eigenvalue weighted by Gasteiger charge is -2.27. The van der Waals surface area contributed by atoms with Crippen LogP contribution in [-0.4, -0.2) is 28.1 Å². The third kappa shape index (κ3) is 5.99. The van der Waals surface area contributed by atoms with E-state index < -0.39 is 5.97 Å². The quantitative estimate of drug-likeness (QED) is 0.769. The van der Waals surface area contributed by atoms with E-state index in [1.807, 2.05) is 0 Å². The number of quaternary nitrogens is 1. The Balaban J connectivity index is 0.000000156. The molecule has 0 aliphatic heterocycles. The molecule has 2 aliphatic rings. The summed E-state index contributed by atoms with van der Waals surface area (Å²) in [7, 11) is 0. The van der Waals surface area contributed by atoms with E-state index in [0.717, 1.165) is 17.6 Å². The van der Waals surface area contributed by atoms with Crippen molar-refractivity contribution in [2.45, 2.75) is 82.7 Å². The van der Waals surface area contributed by atoms with Crippen molar-refractivity contribution in [3.05, 3.63) is 30.0 Å². The van der Waals surface area contributed by atoms with Crippen molar-refractivity contribution in [3.63, 3.8) is 0 Å². The molecule has 0 atom stereocenters. The third-order valence-electron chi connectivity index (χ3n) is 5.93. The average molecular weight is 373 g/mol. The summed E-state index contributed by atoms with van der Waals surface area (Å²) in [5.74, 6) is -1.01. The number of fused-ring (bicyclic) bond motifs is 1. The summed E-state index contributed by atoms with van der Waals surface area (Å²) in [5, 5.41) is 23.1. The molecule has 4 N–H and O–H groups in total. The van der Waals surface area contributed by atoms with Crippen molar-refractivity contribution in [3.8, 4) is 5.75 Å². The molecule has 2 aliphatic carbocycles. The number of benzene rings is 1. The van der Waals surface area contributed by atoms with Gasteiger partial charge in [-0.25, -0.2) is 0 Å². The number of nitrogens with two attached hydrogens (primary N) is 1. The first kappa shape index (κ1) is 19.7. The fourth-order valence-electron chi connectivity index (χ4n) is 4.51. The number of H-pyrrole nitrogens is 1. The van der Waals surface area contributed by atoms with E-state index in [1.165, 1.54) is 70.3 Å². The molecule has 0 amide bonds. The molecule has 1 aromatic carbocycles. The lowest BCUT2D eigenvalue weighted by Crippen LogP contribution is -2.95. The molecular formula is C22H32N2O3. The van der Waals surface area contributed by atoms with Crippen LogP contribution in [-0.2, 0) is 11.2 Å². The molecule has 2 saturated carbocycles. The maximum absolute atomic E-state index is 10.4. The van der Waals surface area contributed by atoms with Crippen LogP contribution >= 0.6 is 0 Å². The molecule has 0 unspecified atom stereocenters. The number of carboxylic acids is 1. The molecule has 5 nitrogen and oxygen atoms in total. The normalized spacial score (nSPS) is 18.8. The van der Waals surface area contributed by atoms with Crippen LogP contribution in [0.5, 0.6) is 5.75 Å². The van der Waals surface area contributed by atoms with Crippen LogP contribution < -0.4 is 10.4 Å². The number of nitrogens with one attached hydrogen (secondary N) is 1. The van der Waals surface area contributed by atoms with E-state index in [1.54, 1.807) is 18.3 Å². The highest BCUT2D eigenvalue weighted by Crippen LogP contribution is 2.23. The summed E-state index contributed by atoms with van der Waals surface area (Å²) in [6.07, 6.45) is 16.4. The molecule has 0 spiro atoms. The highest BCUT2D eigenvalue weighted by Gasteiger charge is 2.22. The van der Waals surface area contributed by atoms with E-state index in [2.05, 4.69) is 10.3 Å². The van der Waals surface area contributed by atoms with Gasteiger partial charge >= 0.3 is 0 Å². The molecule has 27 heavy (non-hydrogen) atoms. The van der Waals surface area contributed by atoms with Crippen molar-refractivity contribution in [1.82, 2.24) is 4.98 Å². The van der Waals surface area contributed by atoms with Crippen molar-refractivity contribution in [1.29, 1.82) is 0 Å². The van der Waals surface area contributed by atoms with Gasteiger partial charge in [0.2, 0.25) is 0 Å². The molecule has 4 rings (SSSR count). The highest BCUT2D eigenvalue weighted by molar-refractivity contribution is 5.87. The Kier molecular flexibility index (Phi) is 7.16. The second kappa shape index (κ2) is 9.79. The Bertz CT molecular complexity index is 712. The molecule has 1 aromatic heterocycles. The van der Waals surface area contributed by atoms with Gasteiger partial charge < -0.3 is 25.3 Å². The Morgan fingerprint density at radius 2 is 1.63 bits per heavy atom. The highest BCUT2D eigenvalue weighted by atomic mass is 16.4. The number of rotatable bonds is 4. The summed E-state index contributed by atoms with van der Waals surface area (Å²) in [5.41, 5.74) is 1.43. The maximum atomic E-state index is 10.4. The topological polar surface area (TPSA) is 92.8 Å². The van der Waals surface area contributed by atoms with E-state index in [0.29, 0.717) is 10.9 Å². The minimum absolute atomic E-state index is 0.122. The number of phenolic OH excluding ortho intramolecular Hbond substituents is 1. The second-order valence-electron chi connectivity index (χ2n) is 8.08. The maximum Gasteiger partial charge on any atom is 0.116 e. The smallest absolute Gasteiger partial charge is 0.116 e. The van der Waals surface area contributed by atoms with Crippen LogP contribution in [0.15, 0.2) is 24.4 Å².